The van der Waals surface area contributed by atoms with E-state index < -0.39 is 12.0 Å². The molecule has 0 aliphatic heterocycles. The molecule has 110 valence electrons. The number of hydrogen-bond acceptors (Lipinski definition) is 4. The van der Waals surface area contributed by atoms with E-state index in [-0.39, 0.29) is 5.75 Å². The van der Waals surface area contributed by atoms with Crippen LogP contribution in [0.15, 0.2) is 46.9 Å². The number of esters is 1. The quantitative estimate of drug-likeness (QED) is 0.794. The normalized spacial score (nSPS) is 11.8. The van der Waals surface area contributed by atoms with Gasteiger partial charge in [0.1, 0.15) is 5.75 Å². The Morgan fingerprint density at radius 1 is 1.33 bits per heavy atom. The summed E-state index contributed by atoms with van der Waals surface area (Å²) >= 11 is 9.28. The molecular formula is C15H13BrClNO3. The van der Waals surface area contributed by atoms with Gasteiger partial charge in [0.25, 0.3) is 0 Å². The molecule has 2 aromatic carbocycles. The van der Waals surface area contributed by atoms with E-state index in [1.165, 1.54) is 19.2 Å². The molecule has 0 heterocycles. The fraction of sp³-hybridized carbons (Fsp3) is 0.133. The summed E-state index contributed by atoms with van der Waals surface area (Å²) in [6.07, 6.45) is 0. The first-order valence-corrected chi connectivity index (χ1v) is 7.26. The van der Waals surface area contributed by atoms with Crippen LogP contribution in [0.2, 0.25) is 5.02 Å². The Hall–Kier alpha value is -1.72. The van der Waals surface area contributed by atoms with E-state index in [9.17, 15) is 9.90 Å². The molecule has 2 aromatic rings. The maximum atomic E-state index is 12.0. The van der Waals surface area contributed by atoms with Crippen molar-refractivity contribution < 1.29 is 14.6 Å². The number of carbonyl (C=O) groups excluding carboxylic acids is 1. The number of ether oxygens (including phenoxy) is 1. The molecule has 0 fully saturated rings. The lowest BCUT2D eigenvalue weighted by atomic mass is 10.1. The third-order valence-electron chi connectivity index (χ3n) is 2.87. The molecule has 1 unspecified atom stereocenters. The Balaban J connectivity index is 2.32. The van der Waals surface area contributed by atoms with Crippen LogP contribution in [0.4, 0.5) is 5.69 Å². The number of benzene rings is 2. The van der Waals surface area contributed by atoms with Gasteiger partial charge in [-0.2, -0.15) is 0 Å². The highest BCUT2D eigenvalue weighted by Crippen LogP contribution is 2.29. The Kier molecular flexibility index (Phi) is 5.09. The Morgan fingerprint density at radius 2 is 2.10 bits per heavy atom. The summed E-state index contributed by atoms with van der Waals surface area (Å²) in [6, 6.07) is 11.0. The Labute approximate surface area is 135 Å². The predicted octanol–water partition coefficient (Wildman–Crippen LogP) is 4.13. The van der Waals surface area contributed by atoms with Gasteiger partial charge in [0.15, 0.2) is 6.04 Å². The topological polar surface area (TPSA) is 58.6 Å². The number of aromatic hydroxyl groups is 1. The van der Waals surface area contributed by atoms with Gasteiger partial charge < -0.3 is 15.2 Å². The van der Waals surface area contributed by atoms with Crippen molar-refractivity contribution in [2.45, 2.75) is 6.04 Å². The van der Waals surface area contributed by atoms with Crippen molar-refractivity contribution in [1.82, 2.24) is 0 Å². The monoisotopic (exact) mass is 369 g/mol. The molecule has 2 N–H and O–H groups in total. The zero-order chi connectivity index (χ0) is 15.4. The number of hydrogen-bond donors (Lipinski definition) is 2. The van der Waals surface area contributed by atoms with Gasteiger partial charge in [-0.05, 0) is 51.8 Å². The van der Waals surface area contributed by atoms with E-state index in [4.69, 9.17) is 16.3 Å². The number of carbonyl (C=O) groups is 1. The summed E-state index contributed by atoms with van der Waals surface area (Å²) < 4.78 is 5.53. The highest BCUT2D eigenvalue weighted by Gasteiger charge is 2.21. The molecule has 0 radical (unpaired) electrons. The first-order chi connectivity index (χ1) is 10.0. The summed E-state index contributed by atoms with van der Waals surface area (Å²) in [6.45, 7) is 0. The number of rotatable bonds is 4. The van der Waals surface area contributed by atoms with Gasteiger partial charge in [0, 0.05) is 10.2 Å². The summed E-state index contributed by atoms with van der Waals surface area (Å²) in [5.41, 5.74) is 1.30. The van der Waals surface area contributed by atoms with Crippen LogP contribution < -0.4 is 5.32 Å². The van der Waals surface area contributed by atoms with Crippen molar-refractivity contribution in [3.05, 3.63) is 57.5 Å². The Morgan fingerprint density at radius 3 is 2.71 bits per heavy atom. The molecule has 0 spiro atoms. The zero-order valence-corrected chi connectivity index (χ0v) is 13.5. The van der Waals surface area contributed by atoms with Crippen LogP contribution in [0.1, 0.15) is 11.6 Å². The van der Waals surface area contributed by atoms with Crippen LogP contribution in [-0.2, 0) is 9.53 Å². The SMILES string of the molecule is COC(=O)C(Nc1ccc(Cl)c(Br)c1)c1cccc(O)c1. The van der Waals surface area contributed by atoms with Crippen LogP contribution in [0.25, 0.3) is 0 Å². The second-order valence-corrected chi connectivity index (χ2v) is 5.59. The Bertz CT molecular complexity index is 663. The van der Waals surface area contributed by atoms with E-state index in [2.05, 4.69) is 21.2 Å². The molecule has 0 aliphatic carbocycles. The average Bonchev–Trinajstić information content (AvgIpc) is 2.47. The zero-order valence-electron chi connectivity index (χ0n) is 11.1. The molecule has 0 aliphatic rings. The van der Waals surface area contributed by atoms with Crippen LogP contribution >= 0.6 is 27.5 Å². The lowest BCUT2D eigenvalue weighted by Gasteiger charge is -2.18. The van der Waals surface area contributed by atoms with Crippen molar-refractivity contribution in [2.75, 3.05) is 12.4 Å². The largest absolute Gasteiger partial charge is 0.508 e. The van der Waals surface area contributed by atoms with Crippen LogP contribution in [0.5, 0.6) is 5.75 Å². The summed E-state index contributed by atoms with van der Waals surface area (Å²) in [4.78, 5) is 12.0. The molecule has 21 heavy (non-hydrogen) atoms. The van der Waals surface area contributed by atoms with E-state index in [0.29, 0.717) is 20.7 Å². The van der Waals surface area contributed by atoms with Gasteiger partial charge >= 0.3 is 5.97 Å². The van der Waals surface area contributed by atoms with Crippen molar-refractivity contribution >= 4 is 39.2 Å². The van der Waals surface area contributed by atoms with Gasteiger partial charge in [-0.15, -0.1) is 0 Å². The van der Waals surface area contributed by atoms with E-state index in [1.54, 1.807) is 30.3 Å². The fourth-order valence-corrected chi connectivity index (χ4v) is 2.35. The molecule has 4 nitrogen and oxygen atoms in total. The van der Waals surface area contributed by atoms with Crippen molar-refractivity contribution in [3.63, 3.8) is 0 Å². The lowest BCUT2D eigenvalue weighted by Crippen LogP contribution is -2.22. The van der Waals surface area contributed by atoms with Gasteiger partial charge in [-0.1, -0.05) is 23.7 Å². The summed E-state index contributed by atoms with van der Waals surface area (Å²) in [5, 5.41) is 13.2. The maximum Gasteiger partial charge on any atom is 0.332 e. The van der Waals surface area contributed by atoms with Crippen LogP contribution in [0.3, 0.4) is 0 Å². The number of nitrogens with one attached hydrogen (secondary N) is 1. The fourth-order valence-electron chi connectivity index (χ4n) is 1.85. The molecule has 1 atom stereocenters. The van der Waals surface area contributed by atoms with Gasteiger partial charge in [-0.25, -0.2) is 4.79 Å². The first-order valence-electron chi connectivity index (χ1n) is 6.09. The molecule has 6 heteroatoms. The first kappa shape index (κ1) is 15.7. The molecule has 0 amide bonds. The molecular weight excluding hydrogens is 358 g/mol. The van der Waals surface area contributed by atoms with E-state index >= 15 is 0 Å². The third-order valence-corrected chi connectivity index (χ3v) is 4.08. The average molecular weight is 371 g/mol. The maximum absolute atomic E-state index is 12.0. The van der Waals surface area contributed by atoms with Gasteiger partial charge in [0.2, 0.25) is 0 Å². The summed E-state index contributed by atoms with van der Waals surface area (Å²) in [7, 11) is 1.32. The van der Waals surface area contributed by atoms with Crippen molar-refractivity contribution in [3.8, 4) is 5.75 Å². The summed E-state index contributed by atoms with van der Waals surface area (Å²) in [5.74, 6) is -0.368. The minimum atomic E-state index is -0.727. The number of phenolic OH excluding ortho intramolecular Hbond substituents is 1. The minimum absolute atomic E-state index is 0.0838. The van der Waals surface area contributed by atoms with Gasteiger partial charge in [-0.3, -0.25) is 0 Å². The smallest absolute Gasteiger partial charge is 0.332 e. The standard InChI is InChI=1S/C15H13BrClNO3/c1-21-15(20)14(9-3-2-4-11(19)7-9)18-10-5-6-13(17)12(16)8-10/h2-8,14,18-19H,1H3. The number of halogens is 2. The molecule has 0 saturated heterocycles. The second kappa shape index (κ2) is 6.83. The second-order valence-electron chi connectivity index (χ2n) is 4.32. The number of methoxy groups -OCH3 is 1. The molecule has 0 saturated carbocycles. The highest BCUT2D eigenvalue weighted by atomic mass is 79.9. The van der Waals surface area contributed by atoms with Crippen LogP contribution in [0, 0.1) is 0 Å². The molecule has 0 aromatic heterocycles. The van der Waals surface area contributed by atoms with Crippen molar-refractivity contribution in [2.24, 2.45) is 0 Å². The number of phenols is 1. The molecule has 2 rings (SSSR count). The van der Waals surface area contributed by atoms with Crippen molar-refractivity contribution in [1.29, 1.82) is 0 Å². The van der Waals surface area contributed by atoms with Crippen LogP contribution in [-0.4, -0.2) is 18.2 Å². The van der Waals surface area contributed by atoms with Gasteiger partial charge in [0.05, 0.1) is 12.1 Å². The number of anilines is 1. The molecule has 0 bridgehead atoms. The van der Waals surface area contributed by atoms with E-state index in [1.807, 2.05) is 0 Å². The predicted molar refractivity (Wildman–Crippen MR) is 85.6 cm³/mol. The van der Waals surface area contributed by atoms with E-state index in [0.717, 1.165) is 0 Å². The third kappa shape index (κ3) is 3.89. The lowest BCUT2D eigenvalue weighted by molar-refractivity contribution is -0.141. The highest BCUT2D eigenvalue weighted by molar-refractivity contribution is 9.10. The minimum Gasteiger partial charge on any atom is -0.508 e.